The van der Waals surface area contributed by atoms with Gasteiger partial charge in [0, 0.05) is 18.8 Å². The van der Waals surface area contributed by atoms with Crippen LogP contribution < -0.4 is 0 Å². The zero-order valence-electron chi connectivity index (χ0n) is 11.5. The smallest absolute Gasteiger partial charge is 0.264 e. The van der Waals surface area contributed by atoms with Crippen LogP contribution in [0.5, 0.6) is 0 Å². The molecule has 0 aliphatic carbocycles. The Bertz CT molecular complexity index is 685. The van der Waals surface area contributed by atoms with E-state index in [-0.39, 0.29) is 6.61 Å². The van der Waals surface area contributed by atoms with Crippen molar-refractivity contribution < 1.29 is 12.6 Å². The van der Waals surface area contributed by atoms with E-state index in [2.05, 4.69) is 25.9 Å². The molecule has 1 aromatic carbocycles. The Morgan fingerprint density at radius 2 is 1.67 bits per heavy atom. The van der Waals surface area contributed by atoms with Crippen LogP contribution in [-0.4, -0.2) is 31.2 Å². The zero-order chi connectivity index (χ0) is 15.3. The maximum absolute atomic E-state index is 10.9. The molecule has 0 saturated heterocycles. The van der Waals surface area contributed by atoms with Crippen LogP contribution in [0.3, 0.4) is 0 Å². The monoisotopic (exact) mass is 370 g/mol. The molecular weight excluding hydrogens is 356 g/mol. The summed E-state index contributed by atoms with van der Waals surface area (Å²) in [4.78, 5) is 8.46. The average molecular weight is 371 g/mol. The van der Waals surface area contributed by atoms with E-state index in [0.717, 1.165) is 27.7 Å². The second kappa shape index (κ2) is 7.11. The van der Waals surface area contributed by atoms with Gasteiger partial charge in [-0.3, -0.25) is 4.18 Å². The molecule has 0 fully saturated rings. The van der Waals surface area contributed by atoms with Crippen LogP contribution in [0.15, 0.2) is 41.1 Å². The second-order valence-corrected chi connectivity index (χ2v) is 7.15. The van der Waals surface area contributed by atoms with E-state index in [1.165, 1.54) is 0 Å². The lowest BCUT2D eigenvalue weighted by molar-refractivity contribution is 0.326. The van der Waals surface area contributed by atoms with Gasteiger partial charge in [0.05, 0.1) is 17.3 Å². The van der Waals surface area contributed by atoms with Crippen LogP contribution in [0.2, 0.25) is 0 Å². The minimum atomic E-state index is -3.37. The summed E-state index contributed by atoms with van der Waals surface area (Å²) in [5, 5.41) is 0. The van der Waals surface area contributed by atoms with E-state index in [1.807, 2.05) is 24.3 Å². The predicted molar refractivity (Wildman–Crippen MR) is 83.5 cm³/mol. The van der Waals surface area contributed by atoms with Crippen molar-refractivity contribution in [3.05, 3.63) is 58.1 Å². The normalized spacial score (nSPS) is 11.5. The van der Waals surface area contributed by atoms with E-state index < -0.39 is 10.1 Å². The lowest BCUT2D eigenvalue weighted by atomic mass is 10.1. The first kappa shape index (κ1) is 16.1. The second-order valence-electron chi connectivity index (χ2n) is 4.59. The lowest BCUT2D eigenvalue weighted by Gasteiger charge is -2.04. The minimum absolute atomic E-state index is 0.161. The molecule has 112 valence electrons. The summed E-state index contributed by atoms with van der Waals surface area (Å²) in [7, 11) is -3.37. The van der Waals surface area contributed by atoms with Gasteiger partial charge < -0.3 is 0 Å². The third-order valence-electron chi connectivity index (χ3n) is 2.75. The Hall–Kier alpha value is -1.31. The molecule has 0 spiro atoms. The summed E-state index contributed by atoms with van der Waals surface area (Å²) >= 11 is 3.30. The highest BCUT2D eigenvalue weighted by atomic mass is 79.9. The van der Waals surface area contributed by atoms with Crippen molar-refractivity contribution in [3.8, 4) is 0 Å². The van der Waals surface area contributed by atoms with Gasteiger partial charge in [-0.2, -0.15) is 8.42 Å². The van der Waals surface area contributed by atoms with Crippen molar-refractivity contribution in [3.63, 3.8) is 0 Å². The van der Waals surface area contributed by atoms with Crippen molar-refractivity contribution in [2.24, 2.45) is 0 Å². The molecule has 21 heavy (non-hydrogen) atoms. The fraction of sp³-hybridized carbons (Fsp3) is 0.286. The molecule has 2 rings (SSSR count). The molecule has 5 nitrogen and oxygen atoms in total. The van der Waals surface area contributed by atoms with Crippen LogP contribution >= 0.6 is 15.9 Å². The molecule has 0 saturated carbocycles. The highest BCUT2D eigenvalue weighted by molar-refractivity contribution is 9.10. The van der Waals surface area contributed by atoms with Gasteiger partial charge in [-0.1, -0.05) is 24.3 Å². The molecule has 1 aromatic heterocycles. The number of hydrogen-bond acceptors (Lipinski definition) is 5. The number of aromatic nitrogens is 2. The quantitative estimate of drug-likeness (QED) is 0.730. The van der Waals surface area contributed by atoms with E-state index in [1.54, 1.807) is 12.4 Å². The fourth-order valence-electron chi connectivity index (χ4n) is 1.75. The van der Waals surface area contributed by atoms with Gasteiger partial charge in [0.2, 0.25) is 0 Å². The van der Waals surface area contributed by atoms with Crippen molar-refractivity contribution in [2.45, 2.75) is 12.8 Å². The molecule has 2 aromatic rings. The summed E-state index contributed by atoms with van der Waals surface area (Å²) in [6.07, 6.45) is 5.71. The molecule has 7 heteroatoms. The average Bonchev–Trinajstić information content (AvgIpc) is 2.42. The van der Waals surface area contributed by atoms with Crippen molar-refractivity contribution in [2.75, 3.05) is 12.9 Å². The highest BCUT2D eigenvalue weighted by Crippen LogP contribution is 2.11. The zero-order valence-corrected chi connectivity index (χ0v) is 13.9. The fourth-order valence-corrected chi connectivity index (χ4v) is 2.34. The topological polar surface area (TPSA) is 69.2 Å². The number of hydrogen-bond donors (Lipinski definition) is 0. The largest absolute Gasteiger partial charge is 0.270 e. The third-order valence-corrected chi connectivity index (χ3v) is 3.75. The van der Waals surface area contributed by atoms with Gasteiger partial charge in [0.1, 0.15) is 5.82 Å². The Balaban J connectivity index is 1.91. The van der Waals surface area contributed by atoms with Gasteiger partial charge in [-0.05, 0) is 33.5 Å². The Kier molecular flexibility index (Phi) is 5.44. The Labute approximate surface area is 132 Å². The Morgan fingerprint density at radius 1 is 1.10 bits per heavy atom. The molecule has 1 heterocycles. The first-order valence-electron chi connectivity index (χ1n) is 6.31. The van der Waals surface area contributed by atoms with E-state index in [9.17, 15) is 8.42 Å². The van der Waals surface area contributed by atoms with E-state index in [0.29, 0.717) is 12.8 Å². The lowest BCUT2D eigenvalue weighted by Crippen LogP contribution is -2.06. The minimum Gasteiger partial charge on any atom is -0.270 e. The van der Waals surface area contributed by atoms with Crippen LogP contribution in [0.4, 0.5) is 0 Å². The summed E-state index contributed by atoms with van der Waals surface area (Å²) in [5.41, 5.74) is 2.13. The van der Waals surface area contributed by atoms with Crippen LogP contribution in [0.25, 0.3) is 0 Å². The van der Waals surface area contributed by atoms with Gasteiger partial charge in [0.25, 0.3) is 10.1 Å². The van der Waals surface area contributed by atoms with Crippen molar-refractivity contribution in [1.29, 1.82) is 0 Å². The molecule has 0 bridgehead atoms. The van der Waals surface area contributed by atoms with Crippen LogP contribution in [-0.2, 0) is 27.1 Å². The maximum Gasteiger partial charge on any atom is 0.264 e. The first-order chi connectivity index (χ1) is 9.92. The predicted octanol–water partition coefficient (Wildman–Crippen LogP) is 2.35. The molecule has 0 aliphatic heterocycles. The molecule has 0 aliphatic rings. The van der Waals surface area contributed by atoms with Gasteiger partial charge in [0.15, 0.2) is 0 Å². The molecule has 0 atom stereocenters. The number of rotatable bonds is 6. The van der Waals surface area contributed by atoms with Gasteiger partial charge in [-0.15, -0.1) is 0 Å². The van der Waals surface area contributed by atoms with Gasteiger partial charge >= 0.3 is 0 Å². The highest BCUT2D eigenvalue weighted by Gasteiger charge is 2.03. The molecule has 0 N–H and O–H groups in total. The molecule has 0 amide bonds. The molecule has 0 unspecified atom stereocenters. The standard InChI is InChI=1S/C14H15BrN2O3S/c1-21(18,19)20-7-6-11-2-4-12(5-3-11)8-14-16-9-13(15)10-17-14/h2-5,9-10H,6-8H2,1H3. The van der Waals surface area contributed by atoms with Crippen molar-refractivity contribution in [1.82, 2.24) is 9.97 Å². The Morgan fingerprint density at radius 3 is 2.24 bits per heavy atom. The SMILES string of the molecule is CS(=O)(=O)OCCc1ccc(Cc2ncc(Br)cn2)cc1. The number of benzene rings is 1. The third kappa shape index (κ3) is 5.91. The molecular formula is C14H15BrN2O3S. The summed E-state index contributed by atoms with van der Waals surface area (Å²) in [6, 6.07) is 7.89. The first-order valence-corrected chi connectivity index (χ1v) is 8.92. The number of nitrogens with zero attached hydrogens (tertiary/aromatic N) is 2. The van der Waals surface area contributed by atoms with Crippen molar-refractivity contribution >= 4 is 26.0 Å². The van der Waals surface area contributed by atoms with Gasteiger partial charge in [-0.25, -0.2) is 9.97 Å². The summed E-state index contributed by atoms with van der Waals surface area (Å²) < 4.78 is 27.3. The van der Waals surface area contributed by atoms with Crippen LogP contribution in [0.1, 0.15) is 17.0 Å². The van der Waals surface area contributed by atoms with E-state index >= 15 is 0 Å². The summed E-state index contributed by atoms with van der Waals surface area (Å²) in [5.74, 6) is 0.756. The number of halogens is 1. The van der Waals surface area contributed by atoms with E-state index in [4.69, 9.17) is 4.18 Å². The molecule has 0 radical (unpaired) electrons. The maximum atomic E-state index is 10.9. The van der Waals surface area contributed by atoms with Crippen LogP contribution in [0, 0.1) is 0 Å². The summed E-state index contributed by atoms with van der Waals surface area (Å²) in [6.45, 7) is 0.161.